The number of nitrogens with zero attached hydrogens (tertiary/aromatic N) is 1. The maximum absolute atomic E-state index is 14.8. The third kappa shape index (κ3) is 6.07. The van der Waals surface area contributed by atoms with E-state index in [0.29, 0.717) is 40.3 Å². The Morgan fingerprint density at radius 3 is 2.09 bits per heavy atom. The van der Waals surface area contributed by atoms with Gasteiger partial charge in [-0.2, -0.15) is 26.3 Å². The molecule has 0 N–H and O–H groups in total. The van der Waals surface area contributed by atoms with Crippen LogP contribution >= 0.6 is 0 Å². The summed E-state index contributed by atoms with van der Waals surface area (Å²) in [6.07, 6.45) is -10.7. The van der Waals surface area contributed by atoms with Crippen LogP contribution in [0.15, 0.2) is 60.8 Å². The van der Waals surface area contributed by atoms with Gasteiger partial charge < -0.3 is 9.47 Å². The number of hydrogen-bond donors (Lipinski definition) is 0. The molecule has 1 amide bonds. The molecule has 1 aliphatic carbocycles. The van der Waals surface area contributed by atoms with E-state index in [2.05, 4.69) is 6.58 Å². The molecule has 0 radical (unpaired) electrons. The summed E-state index contributed by atoms with van der Waals surface area (Å²) < 4.78 is 107. The average molecular weight is 608 g/mol. The van der Waals surface area contributed by atoms with Crippen molar-refractivity contribution in [2.45, 2.75) is 63.5 Å². The van der Waals surface area contributed by atoms with Gasteiger partial charge in [-0.3, -0.25) is 4.90 Å². The zero-order valence-corrected chi connectivity index (χ0v) is 23.5. The van der Waals surface area contributed by atoms with Gasteiger partial charge in [0.05, 0.1) is 30.5 Å². The van der Waals surface area contributed by atoms with E-state index in [0.717, 1.165) is 23.3 Å². The van der Waals surface area contributed by atoms with Gasteiger partial charge in [0.25, 0.3) is 0 Å². The van der Waals surface area contributed by atoms with Crippen molar-refractivity contribution >= 4 is 6.09 Å². The van der Waals surface area contributed by atoms with E-state index >= 15 is 0 Å². The minimum Gasteiger partial charge on any atom is -0.496 e. The van der Waals surface area contributed by atoms with Gasteiger partial charge in [0.2, 0.25) is 0 Å². The van der Waals surface area contributed by atoms with Crippen molar-refractivity contribution < 1.29 is 45.0 Å². The summed E-state index contributed by atoms with van der Waals surface area (Å²) in [4.78, 5) is 14.1. The second kappa shape index (κ2) is 10.9. The zero-order chi connectivity index (χ0) is 31.4. The Balaban J connectivity index is 1.56. The molecule has 3 aromatic carbocycles. The van der Waals surface area contributed by atoms with Crippen LogP contribution in [-0.2, 0) is 23.6 Å². The van der Waals surface area contributed by atoms with Crippen LogP contribution < -0.4 is 4.74 Å². The number of ether oxygens (including phenoxy) is 2. The summed E-state index contributed by atoms with van der Waals surface area (Å²) in [7, 11) is 1.40. The number of carbonyl (C=O) groups is 1. The molecule has 0 bridgehead atoms. The highest BCUT2D eigenvalue weighted by Gasteiger charge is 2.42. The lowest BCUT2D eigenvalue weighted by Gasteiger charge is -2.21. The molecular weight excluding hydrogens is 579 g/mol. The fraction of sp³-hybridized carbons (Fsp3) is 0.344. The quantitative estimate of drug-likeness (QED) is 0.251. The van der Waals surface area contributed by atoms with E-state index in [1.165, 1.54) is 13.2 Å². The molecule has 5 rings (SSSR count). The molecule has 2 fully saturated rings. The van der Waals surface area contributed by atoms with Gasteiger partial charge in [-0.25, -0.2) is 9.18 Å². The average Bonchev–Trinajstić information content (AvgIpc) is 3.74. The fourth-order valence-electron chi connectivity index (χ4n) is 5.29. The van der Waals surface area contributed by atoms with E-state index in [4.69, 9.17) is 9.47 Å². The second-order valence-corrected chi connectivity index (χ2v) is 11.1. The predicted octanol–water partition coefficient (Wildman–Crippen LogP) is 9.75. The van der Waals surface area contributed by atoms with Crippen LogP contribution in [-0.4, -0.2) is 18.1 Å². The molecule has 0 spiro atoms. The summed E-state index contributed by atoms with van der Waals surface area (Å²) in [5.41, 5.74) is -0.437. The lowest BCUT2D eigenvalue weighted by atomic mass is 9.91. The molecule has 1 saturated heterocycles. The largest absolute Gasteiger partial charge is 0.496 e. The van der Waals surface area contributed by atoms with Crippen LogP contribution in [0.3, 0.4) is 0 Å². The topological polar surface area (TPSA) is 38.8 Å². The minimum atomic E-state index is -5.07. The molecule has 3 aromatic rings. The number of rotatable bonds is 7. The van der Waals surface area contributed by atoms with E-state index in [9.17, 15) is 35.5 Å². The highest BCUT2D eigenvalue weighted by atomic mass is 19.4. The SMILES string of the molecule is C=C1C(c2cc(C(F)(F)F)cc(C(F)(F)F)c2)OC(=O)N1Cc1cc(C2CC2)ccc1-c1cc(C(C)C)c(F)cc1OC. The highest BCUT2D eigenvalue weighted by molar-refractivity contribution is 5.78. The number of methoxy groups -OCH3 is 1. The summed E-state index contributed by atoms with van der Waals surface area (Å²) >= 11 is 0. The molecule has 1 atom stereocenters. The van der Waals surface area contributed by atoms with Crippen molar-refractivity contribution in [2.24, 2.45) is 0 Å². The Labute approximate surface area is 243 Å². The van der Waals surface area contributed by atoms with Crippen molar-refractivity contribution in [1.82, 2.24) is 4.90 Å². The summed E-state index contributed by atoms with van der Waals surface area (Å²) in [6, 6.07) is 9.70. The van der Waals surface area contributed by atoms with Crippen LogP contribution in [0.4, 0.5) is 35.5 Å². The van der Waals surface area contributed by atoms with Gasteiger partial charge in [-0.05, 0) is 76.8 Å². The number of cyclic esters (lactones) is 1. The number of halogens is 7. The van der Waals surface area contributed by atoms with Crippen LogP contribution in [0, 0.1) is 5.82 Å². The van der Waals surface area contributed by atoms with E-state index in [1.807, 2.05) is 32.0 Å². The number of carbonyl (C=O) groups excluding carboxylic acids is 1. The molecule has 1 heterocycles. The van der Waals surface area contributed by atoms with Gasteiger partial charge in [0.15, 0.2) is 6.10 Å². The van der Waals surface area contributed by atoms with E-state index < -0.39 is 47.1 Å². The highest BCUT2D eigenvalue weighted by Crippen LogP contribution is 2.45. The Kier molecular flexibility index (Phi) is 7.73. The Morgan fingerprint density at radius 1 is 0.930 bits per heavy atom. The number of amides is 1. The first-order chi connectivity index (χ1) is 20.1. The minimum absolute atomic E-state index is 0.0119. The van der Waals surface area contributed by atoms with Gasteiger partial charge in [-0.1, -0.05) is 38.6 Å². The third-order valence-electron chi connectivity index (χ3n) is 7.74. The smallest absolute Gasteiger partial charge is 0.416 e. The van der Waals surface area contributed by atoms with Gasteiger partial charge in [0.1, 0.15) is 11.6 Å². The van der Waals surface area contributed by atoms with Crippen molar-refractivity contribution in [2.75, 3.05) is 7.11 Å². The number of hydrogen-bond acceptors (Lipinski definition) is 3. The van der Waals surface area contributed by atoms with E-state index in [1.54, 1.807) is 6.07 Å². The molecule has 1 unspecified atom stereocenters. The van der Waals surface area contributed by atoms with Crippen LogP contribution in [0.1, 0.15) is 78.0 Å². The van der Waals surface area contributed by atoms with Crippen molar-refractivity contribution in [3.63, 3.8) is 0 Å². The molecule has 4 nitrogen and oxygen atoms in total. The maximum atomic E-state index is 14.8. The van der Waals surface area contributed by atoms with E-state index in [-0.39, 0.29) is 30.0 Å². The predicted molar refractivity (Wildman–Crippen MR) is 145 cm³/mol. The second-order valence-electron chi connectivity index (χ2n) is 11.1. The van der Waals surface area contributed by atoms with Crippen LogP contribution in [0.2, 0.25) is 0 Å². The summed E-state index contributed by atoms with van der Waals surface area (Å²) in [6.45, 7) is 7.36. The molecular formula is C32H28F7NO3. The van der Waals surface area contributed by atoms with Gasteiger partial charge in [-0.15, -0.1) is 0 Å². The summed E-state index contributed by atoms with van der Waals surface area (Å²) in [5.74, 6) is -0.0134. The Bertz CT molecular complexity index is 1560. The third-order valence-corrected chi connectivity index (χ3v) is 7.74. The first-order valence-electron chi connectivity index (χ1n) is 13.6. The first kappa shape index (κ1) is 30.4. The number of alkyl halides is 6. The van der Waals surface area contributed by atoms with Crippen LogP contribution in [0.25, 0.3) is 11.1 Å². The standard InChI is InChI=1S/C32H28F7NO3/c1-16(2)25-13-26(28(42-4)14-27(25)33)24-8-7-19(18-5-6-18)9-21(24)15-40-17(3)29(43-30(40)41)20-10-22(31(34,35)36)12-23(11-20)32(37,38)39/h7-14,16,18,29H,3,5-6,15H2,1-2,4H3. The summed E-state index contributed by atoms with van der Waals surface area (Å²) in [5, 5.41) is 0. The molecule has 2 aliphatic rings. The number of benzene rings is 3. The Hall–Kier alpha value is -4.02. The van der Waals surface area contributed by atoms with Crippen molar-refractivity contribution in [3.8, 4) is 16.9 Å². The molecule has 11 heteroatoms. The normalized spacial score (nSPS) is 17.6. The zero-order valence-electron chi connectivity index (χ0n) is 23.5. The Morgan fingerprint density at radius 2 is 1.56 bits per heavy atom. The molecule has 228 valence electrons. The molecule has 1 saturated carbocycles. The molecule has 0 aromatic heterocycles. The fourth-order valence-corrected chi connectivity index (χ4v) is 5.29. The lowest BCUT2D eigenvalue weighted by molar-refractivity contribution is -0.143. The molecule has 1 aliphatic heterocycles. The van der Waals surface area contributed by atoms with Crippen molar-refractivity contribution in [1.29, 1.82) is 0 Å². The lowest BCUT2D eigenvalue weighted by Crippen LogP contribution is -2.22. The monoisotopic (exact) mass is 607 g/mol. The molecule has 43 heavy (non-hydrogen) atoms. The van der Waals surface area contributed by atoms with Gasteiger partial charge >= 0.3 is 18.4 Å². The first-order valence-corrected chi connectivity index (χ1v) is 13.6. The van der Waals surface area contributed by atoms with Crippen molar-refractivity contribution in [3.05, 3.63) is 100 Å². The van der Waals surface area contributed by atoms with Gasteiger partial charge in [0, 0.05) is 11.6 Å². The van der Waals surface area contributed by atoms with Crippen LogP contribution in [0.5, 0.6) is 5.75 Å². The maximum Gasteiger partial charge on any atom is 0.416 e.